The molecule has 130 valence electrons. The SMILES string of the molecule is CCc1noc(-c2ccc(CCNC(N)=NCCC(C)C)cc2)n1. The van der Waals surface area contributed by atoms with E-state index in [1.807, 2.05) is 19.1 Å². The van der Waals surface area contributed by atoms with Crippen LogP contribution in [0.4, 0.5) is 0 Å². The molecule has 3 N–H and O–H groups in total. The lowest BCUT2D eigenvalue weighted by Gasteiger charge is -2.07. The maximum atomic E-state index is 5.85. The van der Waals surface area contributed by atoms with Crippen molar-refractivity contribution in [3.05, 3.63) is 35.7 Å². The number of aliphatic imine (C=N–C) groups is 1. The minimum Gasteiger partial charge on any atom is -0.370 e. The second-order valence-electron chi connectivity index (χ2n) is 6.19. The lowest BCUT2D eigenvalue weighted by atomic mass is 10.1. The highest BCUT2D eigenvalue weighted by atomic mass is 16.5. The van der Waals surface area contributed by atoms with E-state index in [-0.39, 0.29) is 0 Å². The maximum absolute atomic E-state index is 5.85. The number of hydrogen-bond acceptors (Lipinski definition) is 4. The largest absolute Gasteiger partial charge is 0.370 e. The van der Waals surface area contributed by atoms with Crippen LogP contribution in [0.2, 0.25) is 0 Å². The zero-order chi connectivity index (χ0) is 17.4. The minimum absolute atomic E-state index is 0.519. The van der Waals surface area contributed by atoms with Crippen molar-refractivity contribution in [2.45, 2.75) is 40.0 Å². The summed E-state index contributed by atoms with van der Waals surface area (Å²) < 4.78 is 5.24. The average molecular weight is 329 g/mol. The molecule has 0 spiro atoms. The highest BCUT2D eigenvalue weighted by Crippen LogP contribution is 2.18. The fourth-order valence-corrected chi connectivity index (χ4v) is 2.16. The van der Waals surface area contributed by atoms with Crippen LogP contribution in [-0.2, 0) is 12.8 Å². The topological polar surface area (TPSA) is 89.3 Å². The summed E-state index contributed by atoms with van der Waals surface area (Å²) in [7, 11) is 0. The number of nitrogens with one attached hydrogen (secondary N) is 1. The number of guanidine groups is 1. The standard InChI is InChI=1S/C18H27N5O/c1-4-16-22-17(24-23-16)15-7-5-14(6-8-15)10-12-21-18(19)20-11-9-13(2)3/h5-8,13H,4,9-12H2,1-3H3,(H3,19,20,21). The molecule has 0 bridgehead atoms. The van der Waals surface area contributed by atoms with E-state index in [4.69, 9.17) is 10.3 Å². The van der Waals surface area contributed by atoms with Gasteiger partial charge in [0, 0.05) is 25.1 Å². The first-order valence-corrected chi connectivity index (χ1v) is 8.54. The Kier molecular flexibility index (Phi) is 6.78. The molecule has 2 aromatic rings. The molecule has 1 aromatic heterocycles. The van der Waals surface area contributed by atoms with Crippen molar-refractivity contribution in [3.63, 3.8) is 0 Å². The number of benzene rings is 1. The van der Waals surface area contributed by atoms with Crippen molar-refractivity contribution in [1.29, 1.82) is 0 Å². The number of aromatic nitrogens is 2. The molecule has 0 fully saturated rings. The lowest BCUT2D eigenvalue weighted by Crippen LogP contribution is -2.33. The summed E-state index contributed by atoms with van der Waals surface area (Å²) in [5.41, 5.74) is 8.01. The van der Waals surface area contributed by atoms with Crippen LogP contribution in [0.3, 0.4) is 0 Å². The van der Waals surface area contributed by atoms with Gasteiger partial charge in [-0.05, 0) is 36.5 Å². The average Bonchev–Trinajstić information content (AvgIpc) is 3.04. The smallest absolute Gasteiger partial charge is 0.257 e. The predicted octanol–water partition coefficient (Wildman–Crippen LogP) is 2.79. The third-order valence-electron chi connectivity index (χ3n) is 3.69. The summed E-state index contributed by atoms with van der Waals surface area (Å²) in [5.74, 6) is 2.46. The number of rotatable bonds is 8. The van der Waals surface area contributed by atoms with Gasteiger partial charge in [-0.15, -0.1) is 0 Å². The van der Waals surface area contributed by atoms with Gasteiger partial charge in [0.1, 0.15) is 0 Å². The summed E-state index contributed by atoms with van der Waals surface area (Å²) >= 11 is 0. The highest BCUT2D eigenvalue weighted by Gasteiger charge is 2.07. The molecule has 1 heterocycles. The van der Waals surface area contributed by atoms with Gasteiger partial charge in [-0.1, -0.05) is 38.1 Å². The van der Waals surface area contributed by atoms with Crippen LogP contribution in [0, 0.1) is 5.92 Å². The van der Waals surface area contributed by atoms with Gasteiger partial charge in [0.05, 0.1) is 0 Å². The van der Waals surface area contributed by atoms with Crippen molar-refractivity contribution in [2.75, 3.05) is 13.1 Å². The Morgan fingerprint density at radius 1 is 1.29 bits per heavy atom. The van der Waals surface area contributed by atoms with Crippen LogP contribution in [0.15, 0.2) is 33.8 Å². The molecule has 0 amide bonds. The second kappa shape index (κ2) is 9.05. The summed E-state index contributed by atoms with van der Waals surface area (Å²) in [6.07, 6.45) is 2.71. The predicted molar refractivity (Wildman–Crippen MR) is 96.8 cm³/mol. The van der Waals surface area contributed by atoms with Crippen LogP contribution in [0.1, 0.15) is 38.6 Å². The molecule has 1 aromatic carbocycles. The van der Waals surface area contributed by atoms with Crippen LogP contribution < -0.4 is 11.1 Å². The maximum Gasteiger partial charge on any atom is 0.257 e. The van der Waals surface area contributed by atoms with Crippen LogP contribution in [0.25, 0.3) is 11.5 Å². The quantitative estimate of drug-likeness (QED) is 0.574. The van der Waals surface area contributed by atoms with Crippen molar-refractivity contribution in [2.24, 2.45) is 16.6 Å². The van der Waals surface area contributed by atoms with Gasteiger partial charge in [-0.25, -0.2) is 0 Å². The van der Waals surface area contributed by atoms with Crippen molar-refractivity contribution in [1.82, 2.24) is 15.5 Å². The minimum atomic E-state index is 0.519. The summed E-state index contributed by atoms with van der Waals surface area (Å²) in [6.45, 7) is 7.90. The molecule has 0 aliphatic rings. The van der Waals surface area contributed by atoms with Gasteiger partial charge < -0.3 is 15.6 Å². The lowest BCUT2D eigenvalue weighted by molar-refractivity contribution is 0.423. The Morgan fingerprint density at radius 2 is 2.04 bits per heavy atom. The first-order chi connectivity index (χ1) is 11.6. The Morgan fingerprint density at radius 3 is 2.67 bits per heavy atom. The molecular formula is C18H27N5O. The molecule has 0 aliphatic heterocycles. The number of aryl methyl sites for hydroxylation is 1. The molecule has 0 unspecified atom stereocenters. The Labute approximate surface area is 143 Å². The molecule has 6 heteroatoms. The van der Waals surface area contributed by atoms with Crippen molar-refractivity contribution >= 4 is 5.96 Å². The molecule has 2 rings (SSSR count). The Hall–Kier alpha value is -2.37. The van der Waals surface area contributed by atoms with E-state index in [1.54, 1.807) is 0 Å². The second-order valence-corrected chi connectivity index (χ2v) is 6.19. The molecular weight excluding hydrogens is 302 g/mol. The molecule has 0 radical (unpaired) electrons. The van der Waals surface area contributed by atoms with Gasteiger partial charge in [-0.2, -0.15) is 4.98 Å². The fraction of sp³-hybridized carbons (Fsp3) is 0.500. The zero-order valence-corrected chi connectivity index (χ0v) is 14.7. The Bertz CT molecular complexity index is 646. The third kappa shape index (κ3) is 5.68. The van der Waals surface area contributed by atoms with Gasteiger partial charge in [-0.3, -0.25) is 4.99 Å². The number of hydrogen-bond donors (Lipinski definition) is 2. The van der Waals surface area contributed by atoms with Crippen molar-refractivity contribution < 1.29 is 4.52 Å². The highest BCUT2D eigenvalue weighted by molar-refractivity contribution is 5.77. The normalized spacial score (nSPS) is 11.9. The van der Waals surface area contributed by atoms with E-state index >= 15 is 0 Å². The summed E-state index contributed by atoms with van der Waals surface area (Å²) in [6, 6.07) is 8.14. The molecule has 6 nitrogen and oxygen atoms in total. The van der Waals surface area contributed by atoms with E-state index < -0.39 is 0 Å². The van der Waals surface area contributed by atoms with Gasteiger partial charge in [0.25, 0.3) is 5.89 Å². The van der Waals surface area contributed by atoms with Crippen LogP contribution >= 0.6 is 0 Å². The number of nitrogens with zero attached hydrogens (tertiary/aromatic N) is 3. The fourth-order valence-electron chi connectivity index (χ4n) is 2.16. The monoisotopic (exact) mass is 329 g/mol. The Balaban J connectivity index is 1.79. The van der Waals surface area contributed by atoms with E-state index in [2.05, 4.69) is 46.4 Å². The van der Waals surface area contributed by atoms with Gasteiger partial charge in [0.15, 0.2) is 11.8 Å². The summed E-state index contributed by atoms with van der Waals surface area (Å²) in [5, 5.41) is 7.06. The van der Waals surface area contributed by atoms with E-state index in [9.17, 15) is 0 Å². The van der Waals surface area contributed by atoms with E-state index in [1.165, 1.54) is 5.56 Å². The molecule has 0 saturated carbocycles. The van der Waals surface area contributed by atoms with Gasteiger partial charge >= 0.3 is 0 Å². The molecule has 0 saturated heterocycles. The summed E-state index contributed by atoms with van der Waals surface area (Å²) in [4.78, 5) is 8.65. The first kappa shape index (κ1) is 18.0. The zero-order valence-electron chi connectivity index (χ0n) is 14.7. The van der Waals surface area contributed by atoms with Crippen LogP contribution in [0.5, 0.6) is 0 Å². The van der Waals surface area contributed by atoms with Crippen LogP contribution in [-0.4, -0.2) is 29.2 Å². The van der Waals surface area contributed by atoms with Gasteiger partial charge in [0.2, 0.25) is 0 Å². The number of nitrogens with two attached hydrogens (primary N) is 1. The molecule has 24 heavy (non-hydrogen) atoms. The first-order valence-electron chi connectivity index (χ1n) is 8.54. The third-order valence-corrected chi connectivity index (χ3v) is 3.69. The van der Waals surface area contributed by atoms with E-state index in [0.29, 0.717) is 17.8 Å². The van der Waals surface area contributed by atoms with E-state index in [0.717, 1.165) is 43.7 Å². The van der Waals surface area contributed by atoms with Crippen molar-refractivity contribution in [3.8, 4) is 11.5 Å². The molecule has 0 aliphatic carbocycles. The molecule has 0 atom stereocenters.